The minimum Gasteiger partial charge on any atom is -0.461 e. The first kappa shape index (κ1) is 28.2. The third-order valence-corrected chi connectivity index (χ3v) is 7.57. The first-order valence-electron chi connectivity index (χ1n) is 13.7. The Morgan fingerprint density at radius 2 is 2.05 bits per heavy atom. The fraction of sp³-hybridized carbons (Fsp3) is 0.414. The molecule has 3 unspecified atom stereocenters. The lowest BCUT2D eigenvalue weighted by molar-refractivity contribution is -0.127. The molecule has 216 valence electrons. The van der Waals surface area contributed by atoms with E-state index in [0.29, 0.717) is 29.3 Å². The molecule has 3 heterocycles. The molecule has 0 spiro atoms. The number of aliphatic imine (C=N–C) groups is 1. The summed E-state index contributed by atoms with van der Waals surface area (Å²) in [6.07, 6.45) is 4.28. The topological polar surface area (TPSA) is 138 Å². The number of piperazine rings is 1. The van der Waals surface area contributed by atoms with Gasteiger partial charge in [0.25, 0.3) is 5.91 Å². The number of hydrogen-bond donors (Lipinski definition) is 3. The molecule has 5 rings (SSSR count). The summed E-state index contributed by atoms with van der Waals surface area (Å²) >= 11 is 0. The largest absolute Gasteiger partial charge is 0.461 e. The van der Waals surface area contributed by atoms with E-state index in [1.807, 2.05) is 6.07 Å². The second-order valence-corrected chi connectivity index (χ2v) is 10.7. The predicted octanol–water partition coefficient (Wildman–Crippen LogP) is 2.84. The maximum Gasteiger partial charge on any atom is 0.317 e. The molecule has 12 heteroatoms. The van der Waals surface area contributed by atoms with Gasteiger partial charge in [-0.25, -0.2) is 9.37 Å². The van der Waals surface area contributed by atoms with Crippen molar-refractivity contribution in [2.45, 2.75) is 44.8 Å². The fourth-order valence-electron chi connectivity index (χ4n) is 5.53. The molecule has 2 aliphatic heterocycles. The third-order valence-electron chi connectivity index (χ3n) is 7.57. The summed E-state index contributed by atoms with van der Waals surface area (Å²) in [6.45, 7) is 6.05. The van der Waals surface area contributed by atoms with Crippen LogP contribution >= 0.6 is 0 Å². The number of nitrogens with zero attached hydrogens (tertiary/aromatic N) is 5. The van der Waals surface area contributed by atoms with Gasteiger partial charge in [-0.05, 0) is 44.5 Å². The normalized spacial score (nSPS) is 21.2. The first-order chi connectivity index (χ1) is 19.6. The SMILES string of the molecule is CN=Cc1cc(NC(=O)c2ccc(N3CC(C)NC(C)C3)c3cnc(OCC4CCC(=O)N4C)nc23)cc(F)c1N. The second kappa shape index (κ2) is 11.7. The van der Waals surface area contributed by atoms with Crippen LogP contribution in [0.15, 0.2) is 35.5 Å². The summed E-state index contributed by atoms with van der Waals surface area (Å²) in [5, 5.41) is 7.00. The molecular weight excluding hydrogens is 527 g/mol. The van der Waals surface area contributed by atoms with Gasteiger partial charge >= 0.3 is 6.01 Å². The lowest BCUT2D eigenvalue weighted by Crippen LogP contribution is -2.54. The Morgan fingerprint density at radius 1 is 1.29 bits per heavy atom. The molecule has 41 heavy (non-hydrogen) atoms. The number of hydrogen-bond acceptors (Lipinski definition) is 9. The molecule has 2 amide bonds. The minimum atomic E-state index is -0.659. The number of anilines is 3. The number of rotatable bonds is 7. The van der Waals surface area contributed by atoms with Crippen molar-refractivity contribution in [3.63, 3.8) is 0 Å². The zero-order chi connectivity index (χ0) is 29.3. The summed E-state index contributed by atoms with van der Waals surface area (Å²) in [7, 11) is 3.31. The van der Waals surface area contributed by atoms with Crippen LogP contribution in [0.2, 0.25) is 0 Å². The lowest BCUT2D eigenvalue weighted by Gasteiger charge is -2.38. The van der Waals surface area contributed by atoms with Gasteiger partial charge in [0.1, 0.15) is 12.4 Å². The van der Waals surface area contributed by atoms with Crippen LogP contribution in [0.25, 0.3) is 10.9 Å². The average Bonchev–Trinajstić information content (AvgIpc) is 3.25. The monoisotopic (exact) mass is 562 g/mol. The van der Waals surface area contributed by atoms with Gasteiger partial charge in [-0.2, -0.15) is 4.98 Å². The van der Waals surface area contributed by atoms with E-state index in [9.17, 15) is 14.0 Å². The van der Waals surface area contributed by atoms with Crippen molar-refractivity contribution in [2.24, 2.45) is 4.99 Å². The molecular formula is C29H35FN8O3. The van der Waals surface area contributed by atoms with E-state index in [1.54, 1.807) is 37.3 Å². The number of nitrogens with one attached hydrogen (secondary N) is 2. The number of carbonyl (C=O) groups is 2. The standard InChI is InChI=1S/C29H35FN8O3/c1-16-13-38(14-17(2)34-16)24-7-6-21(28(40)35-19-9-18(11-32-3)26(31)23(30)10-19)27-22(24)12-33-29(36-27)41-15-20-5-8-25(39)37(20)4/h6-7,9-12,16-17,20,34H,5,8,13-15,31H2,1-4H3,(H,35,40). The van der Waals surface area contributed by atoms with Gasteiger partial charge in [0.15, 0.2) is 0 Å². The number of ether oxygens (including phenoxy) is 1. The van der Waals surface area contributed by atoms with Crippen LogP contribution in [0.4, 0.5) is 21.5 Å². The number of carbonyl (C=O) groups excluding carboxylic acids is 2. The number of benzene rings is 2. The molecule has 3 atom stereocenters. The average molecular weight is 563 g/mol. The summed E-state index contributed by atoms with van der Waals surface area (Å²) in [6, 6.07) is 6.92. The smallest absolute Gasteiger partial charge is 0.317 e. The molecule has 1 aromatic heterocycles. The van der Waals surface area contributed by atoms with Crippen LogP contribution < -0.4 is 26.0 Å². The molecule has 0 bridgehead atoms. The molecule has 3 aromatic rings. The first-order valence-corrected chi connectivity index (χ1v) is 13.7. The van der Waals surface area contributed by atoms with Crippen LogP contribution in [0.3, 0.4) is 0 Å². The highest BCUT2D eigenvalue weighted by molar-refractivity contribution is 6.14. The predicted molar refractivity (Wildman–Crippen MR) is 157 cm³/mol. The zero-order valence-corrected chi connectivity index (χ0v) is 23.6. The Bertz CT molecular complexity index is 1500. The molecule has 2 aromatic carbocycles. The van der Waals surface area contributed by atoms with Crippen LogP contribution in [-0.4, -0.2) is 84.8 Å². The number of aromatic nitrogens is 2. The van der Waals surface area contributed by atoms with Crippen molar-refractivity contribution >= 4 is 46.0 Å². The lowest BCUT2D eigenvalue weighted by atomic mass is 10.0. The highest BCUT2D eigenvalue weighted by Crippen LogP contribution is 2.31. The van der Waals surface area contributed by atoms with E-state index in [4.69, 9.17) is 10.5 Å². The summed E-state index contributed by atoms with van der Waals surface area (Å²) in [5.41, 5.74) is 7.97. The number of nitrogens with two attached hydrogens (primary N) is 1. The van der Waals surface area contributed by atoms with Gasteiger partial charge in [0.05, 0.1) is 22.8 Å². The van der Waals surface area contributed by atoms with Gasteiger partial charge in [0.2, 0.25) is 5.91 Å². The number of nitrogen functional groups attached to an aromatic ring is 1. The number of fused-ring (bicyclic) bond motifs is 1. The Balaban J connectivity index is 1.50. The Kier molecular flexibility index (Phi) is 8.02. The molecule has 4 N–H and O–H groups in total. The van der Waals surface area contributed by atoms with Crippen molar-refractivity contribution in [3.8, 4) is 6.01 Å². The minimum absolute atomic E-state index is 0.0491. The summed E-state index contributed by atoms with van der Waals surface area (Å²) in [4.78, 5) is 42.4. The number of halogens is 1. The molecule has 0 aliphatic carbocycles. The maximum absolute atomic E-state index is 14.5. The third kappa shape index (κ3) is 5.92. The Labute approximate surface area is 238 Å². The molecule has 2 aliphatic rings. The van der Waals surface area contributed by atoms with Crippen LogP contribution in [0, 0.1) is 5.82 Å². The van der Waals surface area contributed by atoms with Gasteiger partial charge in [-0.3, -0.25) is 14.6 Å². The molecule has 0 saturated carbocycles. The van der Waals surface area contributed by atoms with E-state index in [-0.39, 0.29) is 53.6 Å². The van der Waals surface area contributed by atoms with Gasteiger partial charge < -0.3 is 30.9 Å². The van der Waals surface area contributed by atoms with Crippen molar-refractivity contribution in [1.29, 1.82) is 0 Å². The van der Waals surface area contributed by atoms with Crippen molar-refractivity contribution < 1.29 is 18.7 Å². The fourth-order valence-corrected chi connectivity index (χ4v) is 5.53. The number of likely N-dealkylation sites (N-methyl/N-ethyl adjacent to an activating group) is 1. The van der Waals surface area contributed by atoms with Crippen molar-refractivity contribution in [2.75, 3.05) is 49.7 Å². The van der Waals surface area contributed by atoms with Gasteiger partial charge in [0, 0.05) is 80.4 Å². The summed E-state index contributed by atoms with van der Waals surface area (Å²) < 4.78 is 20.4. The van der Waals surface area contributed by atoms with Crippen LogP contribution in [0.5, 0.6) is 6.01 Å². The Morgan fingerprint density at radius 3 is 2.73 bits per heavy atom. The number of amides is 2. The zero-order valence-electron chi connectivity index (χ0n) is 23.6. The molecule has 2 fully saturated rings. The van der Waals surface area contributed by atoms with Crippen molar-refractivity contribution in [3.05, 3.63) is 47.4 Å². The second-order valence-electron chi connectivity index (χ2n) is 10.7. The highest BCUT2D eigenvalue weighted by atomic mass is 19.1. The maximum atomic E-state index is 14.5. The van der Waals surface area contributed by atoms with Crippen LogP contribution in [-0.2, 0) is 4.79 Å². The Hall–Kier alpha value is -4.32. The van der Waals surface area contributed by atoms with E-state index < -0.39 is 11.7 Å². The molecule has 11 nitrogen and oxygen atoms in total. The van der Waals surface area contributed by atoms with E-state index in [1.165, 1.54) is 12.3 Å². The van der Waals surface area contributed by atoms with Crippen LogP contribution in [0.1, 0.15) is 42.6 Å². The quantitative estimate of drug-likeness (QED) is 0.295. The van der Waals surface area contributed by atoms with E-state index in [2.05, 4.69) is 44.3 Å². The number of likely N-dealkylation sites (tertiary alicyclic amines) is 1. The molecule has 0 radical (unpaired) electrons. The van der Waals surface area contributed by atoms with Crippen molar-refractivity contribution in [1.82, 2.24) is 20.2 Å². The van der Waals surface area contributed by atoms with E-state index in [0.717, 1.165) is 18.8 Å². The van der Waals surface area contributed by atoms with Gasteiger partial charge in [-0.1, -0.05) is 0 Å². The molecule has 2 saturated heterocycles. The van der Waals surface area contributed by atoms with Gasteiger partial charge in [-0.15, -0.1) is 0 Å². The highest BCUT2D eigenvalue weighted by Gasteiger charge is 2.29. The van der Waals surface area contributed by atoms with E-state index >= 15 is 0 Å². The summed E-state index contributed by atoms with van der Waals surface area (Å²) in [5.74, 6) is -1.06.